The fourth-order valence-electron chi connectivity index (χ4n) is 6.46. The summed E-state index contributed by atoms with van der Waals surface area (Å²) in [6.07, 6.45) is 7.02. The first-order valence-electron chi connectivity index (χ1n) is 12.2. The normalized spacial score (nSPS) is 39.7. The van der Waals surface area contributed by atoms with Crippen LogP contribution in [0.5, 0.6) is 0 Å². The van der Waals surface area contributed by atoms with Gasteiger partial charge in [0.2, 0.25) is 0 Å². The molecule has 2 saturated carbocycles. The van der Waals surface area contributed by atoms with Gasteiger partial charge in [-0.3, -0.25) is 29.5 Å². The summed E-state index contributed by atoms with van der Waals surface area (Å²) < 4.78 is 13.6. The molecule has 0 radical (unpaired) electrons. The molecule has 33 heavy (non-hydrogen) atoms. The number of hydrogen-bond acceptors (Lipinski definition) is 5. The average molecular weight is 480 g/mol. The van der Waals surface area contributed by atoms with Crippen molar-refractivity contribution in [1.29, 1.82) is 0 Å². The fraction of sp³-hybridized carbons (Fsp3) is 0.750. The van der Waals surface area contributed by atoms with E-state index in [1.807, 2.05) is 0 Å². The topological polar surface area (TPSA) is 90.0 Å². The van der Waals surface area contributed by atoms with Gasteiger partial charge in [-0.15, -0.1) is 0 Å². The molecule has 4 rings (SSSR count). The maximum absolute atomic E-state index is 13.6. The summed E-state index contributed by atoms with van der Waals surface area (Å²) in [5.74, 6) is -2.05. The standard InChI is InChI=1S/C24H34FN3O4S/c1-13-11-15(14(2)27(13)20-6-4-3-5-18(20)23(31)32)12-19-21(29)26-24(33)28(22(19)30)17-9-7-16(25)8-10-17/h12-18,20H,3-11H2,1-2H3,(H,31,32)(H,26,29,33)/b19-12+. The number of carboxylic acid groups (broad SMARTS) is 1. The van der Waals surface area contributed by atoms with Crippen LogP contribution in [0.2, 0.25) is 0 Å². The monoisotopic (exact) mass is 479 g/mol. The van der Waals surface area contributed by atoms with Crippen LogP contribution in [-0.2, 0) is 14.4 Å². The SMILES string of the molecule is CC1CC(/C=C2\C(=O)NC(=S)N(C3CCC(F)CC3)C2=O)C(C)N1C1CCCCC1C(=O)O. The van der Waals surface area contributed by atoms with E-state index in [1.54, 1.807) is 6.08 Å². The van der Waals surface area contributed by atoms with Gasteiger partial charge in [-0.05, 0) is 76.9 Å². The molecule has 9 heteroatoms. The van der Waals surface area contributed by atoms with E-state index < -0.39 is 24.0 Å². The molecule has 0 bridgehead atoms. The first-order valence-corrected chi connectivity index (χ1v) is 12.6. The summed E-state index contributed by atoms with van der Waals surface area (Å²) in [6.45, 7) is 4.16. The van der Waals surface area contributed by atoms with Crippen LogP contribution in [0.4, 0.5) is 4.39 Å². The number of carbonyl (C=O) groups is 3. The number of hydrogen-bond donors (Lipinski definition) is 2. The molecule has 4 aliphatic rings. The lowest BCUT2D eigenvalue weighted by Gasteiger charge is -2.41. The molecule has 0 aromatic heterocycles. The van der Waals surface area contributed by atoms with Gasteiger partial charge in [0.25, 0.3) is 11.8 Å². The number of thiocarbonyl (C=S) groups is 1. The van der Waals surface area contributed by atoms with E-state index in [1.165, 1.54) is 4.90 Å². The van der Waals surface area contributed by atoms with Crippen molar-refractivity contribution in [3.05, 3.63) is 11.6 Å². The van der Waals surface area contributed by atoms with E-state index in [9.17, 15) is 23.9 Å². The average Bonchev–Trinajstić information content (AvgIpc) is 3.05. The molecular formula is C24H34FN3O4S. The number of nitrogens with zero attached hydrogens (tertiary/aromatic N) is 2. The minimum Gasteiger partial charge on any atom is -0.481 e. The van der Waals surface area contributed by atoms with Gasteiger partial charge in [0, 0.05) is 24.2 Å². The van der Waals surface area contributed by atoms with E-state index in [-0.39, 0.29) is 46.7 Å². The molecule has 7 nitrogen and oxygen atoms in total. The Morgan fingerprint density at radius 3 is 2.45 bits per heavy atom. The minimum atomic E-state index is -0.847. The summed E-state index contributed by atoms with van der Waals surface area (Å²) in [6, 6.07) is -0.0515. The Morgan fingerprint density at radius 2 is 1.79 bits per heavy atom. The highest BCUT2D eigenvalue weighted by molar-refractivity contribution is 7.80. The van der Waals surface area contributed by atoms with Crippen LogP contribution in [0.25, 0.3) is 0 Å². The Bertz CT molecular complexity index is 857. The van der Waals surface area contributed by atoms with Gasteiger partial charge in [-0.25, -0.2) is 4.39 Å². The molecule has 2 aliphatic heterocycles. The minimum absolute atomic E-state index is 0.0161. The quantitative estimate of drug-likeness (QED) is 0.366. The second-order valence-electron chi connectivity index (χ2n) is 10.2. The number of likely N-dealkylation sites (tertiary alicyclic amines) is 1. The van der Waals surface area contributed by atoms with Crippen molar-refractivity contribution < 1.29 is 23.9 Å². The van der Waals surface area contributed by atoms with Crippen LogP contribution in [0.15, 0.2) is 11.6 Å². The van der Waals surface area contributed by atoms with Crippen molar-refractivity contribution in [3.63, 3.8) is 0 Å². The van der Waals surface area contributed by atoms with E-state index in [0.29, 0.717) is 32.1 Å². The zero-order valence-corrected chi connectivity index (χ0v) is 20.2. The molecule has 2 aliphatic carbocycles. The Balaban J connectivity index is 1.54. The summed E-state index contributed by atoms with van der Waals surface area (Å²) in [5, 5.41) is 12.5. The maximum Gasteiger partial charge on any atom is 0.308 e. The van der Waals surface area contributed by atoms with Crippen LogP contribution in [0.1, 0.15) is 71.6 Å². The number of carbonyl (C=O) groups excluding carboxylic acids is 2. The highest BCUT2D eigenvalue weighted by Crippen LogP contribution is 2.40. The van der Waals surface area contributed by atoms with Gasteiger partial charge in [-0.2, -0.15) is 0 Å². The second kappa shape index (κ2) is 9.78. The number of alkyl halides is 1. The summed E-state index contributed by atoms with van der Waals surface area (Å²) in [7, 11) is 0. The van der Waals surface area contributed by atoms with Gasteiger partial charge in [0.05, 0.1) is 5.92 Å². The van der Waals surface area contributed by atoms with Crippen molar-refractivity contribution >= 4 is 35.1 Å². The summed E-state index contributed by atoms with van der Waals surface area (Å²) >= 11 is 5.30. The van der Waals surface area contributed by atoms with Crippen molar-refractivity contribution in [3.8, 4) is 0 Å². The third kappa shape index (κ3) is 4.71. The van der Waals surface area contributed by atoms with Crippen LogP contribution >= 0.6 is 12.2 Å². The predicted octanol–water partition coefficient (Wildman–Crippen LogP) is 3.18. The summed E-state index contributed by atoms with van der Waals surface area (Å²) in [4.78, 5) is 41.7. The first kappa shape index (κ1) is 24.3. The van der Waals surface area contributed by atoms with Crippen molar-refractivity contribution in [2.24, 2.45) is 11.8 Å². The van der Waals surface area contributed by atoms with E-state index >= 15 is 0 Å². The number of aliphatic carboxylic acids is 1. The van der Waals surface area contributed by atoms with Crippen molar-refractivity contribution in [2.45, 2.75) is 102 Å². The first-order chi connectivity index (χ1) is 15.7. The lowest BCUT2D eigenvalue weighted by atomic mass is 9.82. The van der Waals surface area contributed by atoms with E-state index in [4.69, 9.17) is 12.2 Å². The molecule has 2 amide bonds. The van der Waals surface area contributed by atoms with Crippen LogP contribution in [-0.4, -0.2) is 68.1 Å². The fourth-order valence-corrected chi connectivity index (χ4v) is 6.78. The molecule has 0 aromatic carbocycles. The van der Waals surface area contributed by atoms with Gasteiger partial charge in [0.15, 0.2) is 5.11 Å². The maximum atomic E-state index is 13.6. The molecule has 182 valence electrons. The van der Waals surface area contributed by atoms with E-state index in [0.717, 1.165) is 25.7 Å². The third-order valence-electron chi connectivity index (χ3n) is 8.15. The zero-order valence-electron chi connectivity index (χ0n) is 19.3. The number of rotatable bonds is 4. The van der Waals surface area contributed by atoms with Gasteiger partial charge in [0.1, 0.15) is 11.7 Å². The lowest BCUT2D eigenvalue weighted by molar-refractivity contribution is -0.146. The Labute approximate surface area is 199 Å². The molecule has 5 unspecified atom stereocenters. The largest absolute Gasteiger partial charge is 0.481 e. The van der Waals surface area contributed by atoms with Crippen LogP contribution in [0.3, 0.4) is 0 Å². The molecular weight excluding hydrogens is 445 g/mol. The molecule has 4 fully saturated rings. The number of halogens is 1. The predicted molar refractivity (Wildman–Crippen MR) is 125 cm³/mol. The van der Waals surface area contributed by atoms with Crippen molar-refractivity contribution in [1.82, 2.24) is 15.1 Å². The molecule has 2 heterocycles. The third-order valence-corrected chi connectivity index (χ3v) is 8.45. The van der Waals surface area contributed by atoms with Crippen LogP contribution in [0, 0.1) is 11.8 Å². The zero-order chi connectivity index (χ0) is 23.9. The molecule has 0 spiro atoms. The number of carboxylic acids is 1. The van der Waals surface area contributed by atoms with Crippen molar-refractivity contribution in [2.75, 3.05) is 0 Å². The molecule has 2 N–H and O–H groups in total. The molecule has 0 aromatic rings. The highest BCUT2D eigenvalue weighted by atomic mass is 32.1. The lowest BCUT2D eigenvalue weighted by Crippen LogP contribution is -2.58. The number of nitrogens with one attached hydrogen (secondary N) is 1. The molecule has 2 saturated heterocycles. The second-order valence-corrected chi connectivity index (χ2v) is 10.5. The van der Waals surface area contributed by atoms with Gasteiger partial charge >= 0.3 is 5.97 Å². The van der Waals surface area contributed by atoms with Gasteiger partial charge in [-0.1, -0.05) is 18.9 Å². The van der Waals surface area contributed by atoms with Crippen LogP contribution < -0.4 is 5.32 Å². The highest BCUT2D eigenvalue weighted by Gasteiger charge is 2.46. The number of amides is 2. The Morgan fingerprint density at radius 1 is 1.12 bits per heavy atom. The Kier molecular flexibility index (Phi) is 7.19. The smallest absolute Gasteiger partial charge is 0.308 e. The van der Waals surface area contributed by atoms with E-state index in [2.05, 4.69) is 24.1 Å². The summed E-state index contributed by atoms with van der Waals surface area (Å²) in [5.41, 5.74) is 0.0929. The Hall–Kier alpha value is -1.87. The molecule has 5 atom stereocenters. The van der Waals surface area contributed by atoms with Gasteiger partial charge < -0.3 is 5.11 Å².